The standard InChI is InChI=1S/C18H24FNO5/c1-24-17(21)11-14-4-5-15(12-16(14)19)25-10-2-3-13-6-8-20(9-7-13)18(22)23/h4-5,12-13H,2-3,6-11H2,1H3,(H,22,23). The summed E-state index contributed by atoms with van der Waals surface area (Å²) in [6, 6.07) is 4.46. The fourth-order valence-electron chi connectivity index (χ4n) is 2.96. The number of hydrogen-bond acceptors (Lipinski definition) is 4. The average Bonchev–Trinajstić information content (AvgIpc) is 2.61. The summed E-state index contributed by atoms with van der Waals surface area (Å²) in [6.45, 7) is 1.66. The van der Waals surface area contributed by atoms with Crippen LogP contribution in [0.4, 0.5) is 9.18 Å². The van der Waals surface area contributed by atoms with E-state index in [9.17, 15) is 14.0 Å². The third-order valence-corrected chi connectivity index (χ3v) is 4.50. The Kier molecular flexibility index (Phi) is 7.03. The van der Waals surface area contributed by atoms with Gasteiger partial charge in [-0.25, -0.2) is 9.18 Å². The molecular formula is C18H24FNO5. The van der Waals surface area contributed by atoms with Crippen LogP contribution in [0.5, 0.6) is 5.75 Å². The Bertz CT molecular complexity index is 599. The zero-order valence-corrected chi connectivity index (χ0v) is 14.4. The summed E-state index contributed by atoms with van der Waals surface area (Å²) in [7, 11) is 1.27. The fraction of sp³-hybridized carbons (Fsp3) is 0.556. The molecule has 0 atom stereocenters. The van der Waals surface area contributed by atoms with E-state index in [0.29, 0.717) is 31.4 Å². The van der Waals surface area contributed by atoms with E-state index < -0.39 is 17.9 Å². The summed E-state index contributed by atoms with van der Waals surface area (Å²) >= 11 is 0. The average molecular weight is 353 g/mol. The molecule has 1 saturated heterocycles. The monoisotopic (exact) mass is 353 g/mol. The molecule has 1 aromatic rings. The summed E-state index contributed by atoms with van der Waals surface area (Å²) in [4.78, 5) is 23.5. The Hall–Kier alpha value is -2.31. The fourth-order valence-corrected chi connectivity index (χ4v) is 2.96. The van der Waals surface area contributed by atoms with Gasteiger partial charge in [0.2, 0.25) is 0 Å². The molecule has 0 radical (unpaired) electrons. The van der Waals surface area contributed by atoms with Crippen LogP contribution in [0.25, 0.3) is 0 Å². The number of esters is 1. The number of benzene rings is 1. The van der Waals surface area contributed by atoms with Crippen molar-refractivity contribution in [1.82, 2.24) is 4.90 Å². The molecule has 138 valence electrons. The van der Waals surface area contributed by atoms with E-state index in [4.69, 9.17) is 9.84 Å². The van der Waals surface area contributed by atoms with Crippen LogP contribution in [0.3, 0.4) is 0 Å². The van der Waals surface area contributed by atoms with Crippen LogP contribution in [-0.4, -0.2) is 48.9 Å². The Morgan fingerprint density at radius 2 is 2.04 bits per heavy atom. The quantitative estimate of drug-likeness (QED) is 0.602. The van der Waals surface area contributed by atoms with Crippen LogP contribution in [0.1, 0.15) is 31.2 Å². The minimum atomic E-state index is -0.848. The predicted molar refractivity (Wildman–Crippen MR) is 89.2 cm³/mol. The second-order valence-electron chi connectivity index (χ2n) is 6.21. The van der Waals surface area contributed by atoms with Gasteiger partial charge in [0.25, 0.3) is 0 Å². The zero-order chi connectivity index (χ0) is 18.2. The second-order valence-corrected chi connectivity index (χ2v) is 6.21. The number of hydrogen-bond donors (Lipinski definition) is 1. The Labute approximate surface area is 146 Å². The number of nitrogens with zero attached hydrogens (tertiary/aromatic N) is 1. The molecule has 1 heterocycles. The predicted octanol–water partition coefficient (Wildman–Crippen LogP) is 3.09. The van der Waals surface area contributed by atoms with Crippen LogP contribution in [0, 0.1) is 11.7 Å². The van der Waals surface area contributed by atoms with Crippen molar-refractivity contribution < 1.29 is 28.6 Å². The first-order valence-electron chi connectivity index (χ1n) is 8.45. The van der Waals surface area contributed by atoms with E-state index in [1.54, 1.807) is 6.07 Å². The Balaban J connectivity index is 1.69. The van der Waals surface area contributed by atoms with E-state index in [-0.39, 0.29) is 12.0 Å². The van der Waals surface area contributed by atoms with Gasteiger partial charge in [-0.3, -0.25) is 4.79 Å². The number of carbonyl (C=O) groups is 2. The molecule has 0 aliphatic carbocycles. The van der Waals surface area contributed by atoms with Crippen molar-refractivity contribution in [1.29, 1.82) is 0 Å². The minimum absolute atomic E-state index is 0.0995. The molecule has 0 bridgehead atoms. The third kappa shape index (κ3) is 5.92. The van der Waals surface area contributed by atoms with E-state index in [2.05, 4.69) is 4.74 Å². The highest BCUT2D eigenvalue weighted by atomic mass is 19.1. The SMILES string of the molecule is COC(=O)Cc1ccc(OCCCC2CCN(C(=O)O)CC2)cc1F. The van der Waals surface area contributed by atoms with Crippen molar-refractivity contribution in [2.45, 2.75) is 32.1 Å². The molecule has 0 aromatic heterocycles. The summed E-state index contributed by atoms with van der Waals surface area (Å²) < 4.78 is 24.0. The molecule has 0 unspecified atom stereocenters. The lowest BCUT2D eigenvalue weighted by atomic mass is 9.92. The first-order valence-corrected chi connectivity index (χ1v) is 8.45. The van der Waals surface area contributed by atoms with E-state index in [0.717, 1.165) is 25.7 Å². The molecule has 6 nitrogen and oxygen atoms in total. The van der Waals surface area contributed by atoms with Gasteiger partial charge in [0.05, 0.1) is 20.1 Å². The number of piperidine rings is 1. The molecule has 7 heteroatoms. The van der Waals surface area contributed by atoms with Gasteiger partial charge in [-0.15, -0.1) is 0 Å². The Morgan fingerprint density at radius 1 is 1.32 bits per heavy atom. The normalized spacial score (nSPS) is 15.0. The molecule has 1 aromatic carbocycles. The smallest absolute Gasteiger partial charge is 0.407 e. The van der Waals surface area contributed by atoms with Crippen molar-refractivity contribution in [3.63, 3.8) is 0 Å². The number of rotatable bonds is 7. The summed E-state index contributed by atoms with van der Waals surface area (Å²) in [5, 5.41) is 8.92. The maximum atomic E-state index is 13.9. The molecule has 1 amide bonds. The van der Waals surface area contributed by atoms with Crippen molar-refractivity contribution >= 4 is 12.1 Å². The van der Waals surface area contributed by atoms with Gasteiger partial charge in [0.1, 0.15) is 11.6 Å². The molecule has 1 aliphatic heterocycles. The van der Waals surface area contributed by atoms with Gasteiger partial charge in [0.15, 0.2) is 0 Å². The number of carbonyl (C=O) groups excluding carboxylic acids is 1. The van der Waals surface area contributed by atoms with Crippen LogP contribution < -0.4 is 4.74 Å². The molecule has 0 saturated carbocycles. The topological polar surface area (TPSA) is 76.1 Å². The highest BCUT2D eigenvalue weighted by molar-refractivity contribution is 5.72. The van der Waals surface area contributed by atoms with Gasteiger partial charge >= 0.3 is 12.1 Å². The van der Waals surface area contributed by atoms with Gasteiger partial charge in [-0.2, -0.15) is 0 Å². The van der Waals surface area contributed by atoms with Crippen molar-refractivity contribution in [3.8, 4) is 5.75 Å². The van der Waals surface area contributed by atoms with Crippen LogP contribution in [0.2, 0.25) is 0 Å². The first-order chi connectivity index (χ1) is 12.0. The first kappa shape index (κ1) is 19.0. The van der Waals surface area contributed by atoms with Crippen LogP contribution in [-0.2, 0) is 16.0 Å². The van der Waals surface area contributed by atoms with E-state index in [1.807, 2.05) is 0 Å². The van der Waals surface area contributed by atoms with Gasteiger partial charge in [0, 0.05) is 19.2 Å². The van der Waals surface area contributed by atoms with Crippen molar-refractivity contribution in [3.05, 3.63) is 29.6 Å². The van der Waals surface area contributed by atoms with E-state index >= 15 is 0 Å². The van der Waals surface area contributed by atoms with Gasteiger partial charge < -0.3 is 19.5 Å². The van der Waals surface area contributed by atoms with E-state index in [1.165, 1.54) is 24.1 Å². The molecular weight excluding hydrogens is 329 g/mol. The van der Waals surface area contributed by atoms with Crippen LogP contribution in [0.15, 0.2) is 18.2 Å². The highest BCUT2D eigenvalue weighted by Gasteiger charge is 2.21. The van der Waals surface area contributed by atoms with Crippen molar-refractivity contribution in [2.75, 3.05) is 26.8 Å². The molecule has 1 fully saturated rings. The number of methoxy groups -OCH3 is 1. The molecule has 0 spiro atoms. The largest absolute Gasteiger partial charge is 0.493 e. The minimum Gasteiger partial charge on any atom is -0.493 e. The lowest BCUT2D eigenvalue weighted by Gasteiger charge is -2.29. The summed E-state index contributed by atoms with van der Waals surface area (Å²) in [5.74, 6) is -0.0179. The third-order valence-electron chi connectivity index (χ3n) is 4.50. The number of ether oxygens (including phenoxy) is 2. The second kappa shape index (κ2) is 9.25. The van der Waals surface area contributed by atoms with Gasteiger partial charge in [-0.1, -0.05) is 6.07 Å². The van der Waals surface area contributed by atoms with Crippen LogP contribution >= 0.6 is 0 Å². The Morgan fingerprint density at radius 3 is 2.64 bits per heavy atom. The number of halogens is 1. The zero-order valence-electron chi connectivity index (χ0n) is 14.4. The molecule has 2 rings (SSSR count). The summed E-state index contributed by atoms with van der Waals surface area (Å²) in [6.07, 6.45) is 2.61. The molecule has 25 heavy (non-hydrogen) atoms. The lowest BCUT2D eigenvalue weighted by Crippen LogP contribution is -2.37. The summed E-state index contributed by atoms with van der Waals surface area (Å²) in [5.41, 5.74) is 0.282. The molecule has 1 N–H and O–H groups in total. The molecule has 1 aliphatic rings. The highest BCUT2D eigenvalue weighted by Crippen LogP contribution is 2.23. The van der Waals surface area contributed by atoms with Gasteiger partial charge in [-0.05, 0) is 43.2 Å². The number of likely N-dealkylation sites (tertiary alicyclic amines) is 1. The lowest BCUT2D eigenvalue weighted by molar-refractivity contribution is -0.139. The van der Waals surface area contributed by atoms with Crippen molar-refractivity contribution in [2.24, 2.45) is 5.92 Å². The number of carboxylic acid groups (broad SMARTS) is 1. The maximum absolute atomic E-state index is 13.9. The number of amides is 1. The maximum Gasteiger partial charge on any atom is 0.407 e.